The molecule has 0 N–H and O–H groups in total. The standard InChI is InChI=1S/3C13H26O2.C6H5.Sn/c3*1-2-3-4-5-6-7-8-9-10-11-12-13(14)15;1-2-4-6-5-3-1;/h3*2-12H2,1H3,(H,14,15);1-5H;/q;;;;+3/p-3. The third-order valence-electron chi connectivity index (χ3n) is 10.1. The number of hydrogen-bond acceptors (Lipinski definition) is 6. The molecule has 0 radical (unpaired) electrons. The summed E-state index contributed by atoms with van der Waals surface area (Å²) in [5, 5.41) is 0. The molecule has 0 bridgehead atoms. The Morgan fingerprint density at radius 2 is 0.596 bits per heavy atom. The number of carbonyl (C=O) groups excluding carboxylic acids is 3. The zero-order valence-corrected chi connectivity index (χ0v) is 37.0. The van der Waals surface area contributed by atoms with Gasteiger partial charge in [-0.05, 0) is 0 Å². The summed E-state index contributed by atoms with van der Waals surface area (Å²) in [5.41, 5.74) is 0. The number of hydrogen-bond donors (Lipinski definition) is 0. The van der Waals surface area contributed by atoms with Crippen LogP contribution in [0.5, 0.6) is 0 Å². The average molecular weight is 836 g/mol. The number of rotatable bonds is 37. The molecule has 0 saturated carbocycles. The molecule has 1 rings (SSSR count). The molecule has 0 fully saturated rings. The van der Waals surface area contributed by atoms with Crippen LogP contribution < -0.4 is 3.58 Å². The summed E-state index contributed by atoms with van der Waals surface area (Å²) in [6.45, 7) is 6.72. The molecule has 0 aromatic heterocycles. The van der Waals surface area contributed by atoms with E-state index in [0.29, 0.717) is 22.8 Å². The normalized spacial score (nSPS) is 11.4. The third-order valence-corrected chi connectivity index (χ3v) is 17.3. The average Bonchev–Trinajstić information content (AvgIpc) is 3.14. The van der Waals surface area contributed by atoms with E-state index >= 15 is 0 Å². The molecule has 6 nitrogen and oxygen atoms in total. The van der Waals surface area contributed by atoms with Crippen molar-refractivity contribution in [2.24, 2.45) is 0 Å². The Bertz CT molecular complexity index is 890. The van der Waals surface area contributed by atoms with Crippen LogP contribution in [-0.2, 0) is 23.6 Å². The van der Waals surface area contributed by atoms with Gasteiger partial charge in [-0.15, -0.1) is 0 Å². The van der Waals surface area contributed by atoms with Crippen LogP contribution in [0.25, 0.3) is 0 Å². The molecule has 0 aliphatic carbocycles. The van der Waals surface area contributed by atoms with Crippen molar-refractivity contribution in [3.05, 3.63) is 30.3 Å². The Morgan fingerprint density at radius 3 is 0.846 bits per heavy atom. The van der Waals surface area contributed by atoms with E-state index in [2.05, 4.69) is 20.8 Å². The van der Waals surface area contributed by atoms with E-state index in [9.17, 15) is 14.4 Å². The molecular formula is C45H80O6Sn. The van der Waals surface area contributed by atoms with Crippen LogP contribution in [0.3, 0.4) is 0 Å². The van der Waals surface area contributed by atoms with Crippen molar-refractivity contribution in [1.82, 2.24) is 0 Å². The van der Waals surface area contributed by atoms with Crippen LogP contribution in [-0.4, -0.2) is 37.5 Å². The van der Waals surface area contributed by atoms with Gasteiger partial charge in [-0.3, -0.25) is 0 Å². The second-order valence-electron chi connectivity index (χ2n) is 15.1. The first-order valence-corrected chi connectivity index (χ1v) is 27.1. The van der Waals surface area contributed by atoms with Crippen molar-refractivity contribution >= 4 is 41.1 Å². The van der Waals surface area contributed by atoms with Crippen LogP contribution in [0.4, 0.5) is 0 Å². The van der Waals surface area contributed by atoms with E-state index in [1.807, 2.05) is 18.2 Å². The number of unbranched alkanes of at least 4 members (excludes halogenated alkanes) is 27. The van der Waals surface area contributed by atoms with Crippen molar-refractivity contribution in [2.75, 3.05) is 0 Å². The van der Waals surface area contributed by atoms with E-state index in [-0.39, 0.29) is 19.3 Å². The molecule has 0 heterocycles. The van der Waals surface area contributed by atoms with Crippen molar-refractivity contribution in [3.63, 3.8) is 0 Å². The summed E-state index contributed by atoms with van der Waals surface area (Å²) < 4.78 is 18.9. The Hall–Kier alpha value is -1.57. The minimum atomic E-state index is -5.22. The van der Waals surface area contributed by atoms with E-state index in [0.717, 1.165) is 38.5 Å². The molecule has 0 atom stereocenters. The fraction of sp³-hybridized carbons (Fsp3) is 0.800. The summed E-state index contributed by atoms with van der Waals surface area (Å²) in [6.07, 6.45) is 35.8. The predicted molar refractivity (Wildman–Crippen MR) is 219 cm³/mol. The molecule has 0 aliphatic heterocycles. The SMILES string of the molecule is CCCCCCCCCCCCC(=O)[O][Sn]([O]C(=O)CCCCCCCCCCCC)([O]C(=O)CCCCCCCCCCCC)[c]1ccccc1. The first-order valence-electron chi connectivity index (χ1n) is 22.2. The molecule has 0 amide bonds. The topological polar surface area (TPSA) is 78.9 Å². The van der Waals surface area contributed by atoms with Gasteiger partial charge >= 0.3 is 288 Å². The van der Waals surface area contributed by atoms with Crippen molar-refractivity contribution in [2.45, 2.75) is 233 Å². The molecule has 300 valence electrons. The molecule has 1 aromatic carbocycles. The van der Waals surface area contributed by atoms with E-state index in [1.54, 1.807) is 12.1 Å². The Balaban J connectivity index is 2.75. The van der Waals surface area contributed by atoms with Gasteiger partial charge in [-0.25, -0.2) is 0 Å². The van der Waals surface area contributed by atoms with Gasteiger partial charge in [0.2, 0.25) is 0 Å². The van der Waals surface area contributed by atoms with Gasteiger partial charge in [0.25, 0.3) is 0 Å². The summed E-state index contributed by atoms with van der Waals surface area (Å²) >= 11 is -5.22. The molecule has 52 heavy (non-hydrogen) atoms. The van der Waals surface area contributed by atoms with E-state index in [4.69, 9.17) is 9.22 Å². The quantitative estimate of drug-likeness (QED) is 0.0491. The molecular weight excluding hydrogens is 755 g/mol. The van der Waals surface area contributed by atoms with E-state index < -0.39 is 37.5 Å². The van der Waals surface area contributed by atoms with Gasteiger partial charge < -0.3 is 0 Å². The maximum atomic E-state index is 13.4. The monoisotopic (exact) mass is 836 g/mol. The summed E-state index contributed by atoms with van der Waals surface area (Å²) in [4.78, 5) is 40.1. The second kappa shape index (κ2) is 35.2. The predicted octanol–water partition coefficient (Wildman–Crippen LogP) is 13.4. The number of carbonyl (C=O) groups is 3. The molecule has 0 unspecified atom stereocenters. The van der Waals surface area contributed by atoms with Gasteiger partial charge in [0.1, 0.15) is 0 Å². The maximum absolute atomic E-state index is 13.4. The van der Waals surface area contributed by atoms with Crippen LogP contribution in [0, 0.1) is 0 Å². The van der Waals surface area contributed by atoms with E-state index in [1.165, 1.54) is 135 Å². The van der Waals surface area contributed by atoms with Gasteiger partial charge in [-0.1, -0.05) is 40.0 Å². The minimum absolute atomic E-state index is 0.230. The van der Waals surface area contributed by atoms with Crippen LogP contribution in [0.2, 0.25) is 0 Å². The Labute approximate surface area is 326 Å². The fourth-order valence-electron chi connectivity index (χ4n) is 6.75. The van der Waals surface area contributed by atoms with Crippen molar-refractivity contribution in [3.8, 4) is 0 Å². The number of benzene rings is 1. The zero-order valence-electron chi connectivity index (χ0n) is 34.2. The Morgan fingerprint density at radius 1 is 0.365 bits per heavy atom. The van der Waals surface area contributed by atoms with Crippen LogP contribution in [0.1, 0.15) is 233 Å². The first-order chi connectivity index (χ1) is 25.5. The molecule has 0 spiro atoms. The van der Waals surface area contributed by atoms with Gasteiger partial charge in [-0.2, -0.15) is 0 Å². The summed E-state index contributed by atoms with van der Waals surface area (Å²) in [6, 6.07) is 9.08. The first kappa shape index (κ1) is 48.4. The van der Waals surface area contributed by atoms with Crippen LogP contribution in [0.15, 0.2) is 30.3 Å². The third kappa shape index (κ3) is 27.1. The Kier molecular flexibility index (Phi) is 32.7. The van der Waals surface area contributed by atoms with Gasteiger partial charge in [0.15, 0.2) is 0 Å². The van der Waals surface area contributed by atoms with Gasteiger partial charge in [0.05, 0.1) is 0 Å². The second-order valence-corrected chi connectivity index (χ2v) is 21.7. The van der Waals surface area contributed by atoms with Crippen molar-refractivity contribution < 1.29 is 23.6 Å². The van der Waals surface area contributed by atoms with Gasteiger partial charge in [0, 0.05) is 0 Å². The molecule has 1 aromatic rings. The fourth-order valence-corrected chi connectivity index (χ4v) is 13.3. The van der Waals surface area contributed by atoms with Crippen molar-refractivity contribution in [1.29, 1.82) is 0 Å². The summed E-state index contributed by atoms with van der Waals surface area (Å²) in [7, 11) is 0. The molecule has 0 aliphatic rings. The van der Waals surface area contributed by atoms with Crippen LogP contribution >= 0.6 is 0 Å². The molecule has 0 saturated heterocycles. The summed E-state index contributed by atoms with van der Waals surface area (Å²) in [5.74, 6) is -1.30. The zero-order chi connectivity index (χ0) is 37.8. The molecule has 7 heteroatoms.